The molecule has 1 N–H and O–H groups in total. The first-order valence-electron chi connectivity index (χ1n) is 6.94. The van der Waals surface area contributed by atoms with Crippen molar-refractivity contribution in [3.05, 3.63) is 18.2 Å². The van der Waals surface area contributed by atoms with Gasteiger partial charge in [-0.25, -0.2) is 13.1 Å². The fourth-order valence-electron chi connectivity index (χ4n) is 1.81. The van der Waals surface area contributed by atoms with Gasteiger partial charge < -0.3 is 4.74 Å². The molecule has 1 heterocycles. The van der Waals surface area contributed by atoms with E-state index >= 15 is 0 Å². The van der Waals surface area contributed by atoms with E-state index in [0.717, 1.165) is 31.2 Å². The van der Waals surface area contributed by atoms with Gasteiger partial charge in [0.25, 0.3) is 0 Å². The average molecular weight is 329 g/mol. The van der Waals surface area contributed by atoms with Crippen LogP contribution in [0.25, 0.3) is 11.0 Å². The minimum absolute atomic E-state index is 0.181. The molecule has 0 aliphatic heterocycles. The van der Waals surface area contributed by atoms with Gasteiger partial charge in [0.2, 0.25) is 10.0 Å². The summed E-state index contributed by atoms with van der Waals surface area (Å²) in [6.45, 7) is 3.74. The van der Waals surface area contributed by atoms with Gasteiger partial charge in [0.05, 0.1) is 11.7 Å². The molecule has 1 aromatic heterocycles. The maximum Gasteiger partial charge on any atom is 0.242 e. The van der Waals surface area contributed by atoms with Crippen molar-refractivity contribution >= 4 is 32.8 Å². The van der Waals surface area contributed by atoms with Crippen LogP contribution in [0.4, 0.5) is 0 Å². The van der Waals surface area contributed by atoms with Crippen LogP contribution in [0, 0.1) is 0 Å². The number of aromatic nitrogens is 2. The van der Waals surface area contributed by atoms with E-state index in [0.29, 0.717) is 30.6 Å². The van der Waals surface area contributed by atoms with E-state index in [-0.39, 0.29) is 4.90 Å². The van der Waals surface area contributed by atoms with Crippen LogP contribution in [-0.2, 0) is 14.8 Å². The van der Waals surface area contributed by atoms with Crippen LogP contribution in [0.1, 0.15) is 26.2 Å². The summed E-state index contributed by atoms with van der Waals surface area (Å²) in [5.41, 5.74) is 1.03. The predicted molar refractivity (Wildman–Crippen MR) is 82.9 cm³/mol. The second-order valence-corrected chi connectivity index (χ2v) is 6.87. The third-order valence-electron chi connectivity index (χ3n) is 2.94. The summed E-state index contributed by atoms with van der Waals surface area (Å²) in [5, 5.41) is 0. The summed E-state index contributed by atoms with van der Waals surface area (Å²) < 4.78 is 40.6. The summed E-state index contributed by atoms with van der Waals surface area (Å²) in [5.74, 6) is 0. The Morgan fingerprint density at radius 2 is 2.05 bits per heavy atom. The monoisotopic (exact) mass is 329 g/mol. The number of nitrogens with zero attached hydrogens (tertiary/aromatic N) is 2. The lowest BCUT2D eigenvalue weighted by atomic mass is 10.3. The van der Waals surface area contributed by atoms with E-state index in [1.807, 2.05) is 0 Å². The highest BCUT2D eigenvalue weighted by Gasteiger charge is 2.18. The number of rotatable bonds is 9. The number of nitrogens with one attached hydrogen (secondary N) is 1. The first kappa shape index (κ1) is 16.3. The molecule has 1 aromatic carbocycles. The number of benzene rings is 1. The molecule has 0 fully saturated rings. The summed E-state index contributed by atoms with van der Waals surface area (Å²) in [6.07, 6.45) is 2.77. The molecule has 0 spiro atoms. The van der Waals surface area contributed by atoms with Crippen molar-refractivity contribution in [3.63, 3.8) is 0 Å². The zero-order valence-electron chi connectivity index (χ0n) is 11.9. The van der Waals surface area contributed by atoms with Gasteiger partial charge in [-0.1, -0.05) is 19.4 Å². The van der Waals surface area contributed by atoms with Gasteiger partial charge in [0, 0.05) is 19.8 Å². The highest BCUT2D eigenvalue weighted by Crippen LogP contribution is 2.20. The van der Waals surface area contributed by atoms with E-state index in [1.54, 1.807) is 18.2 Å². The maximum atomic E-state index is 12.3. The molecule has 0 radical (unpaired) electrons. The molecule has 0 saturated carbocycles. The molecule has 0 aliphatic carbocycles. The summed E-state index contributed by atoms with van der Waals surface area (Å²) >= 11 is 1.01. The minimum atomic E-state index is -3.56. The Bertz CT molecular complexity index is 670. The number of ether oxygens (including phenoxy) is 1. The summed E-state index contributed by atoms with van der Waals surface area (Å²) in [7, 11) is -3.56. The van der Waals surface area contributed by atoms with Crippen molar-refractivity contribution in [1.29, 1.82) is 0 Å². The van der Waals surface area contributed by atoms with Crippen LogP contribution < -0.4 is 4.72 Å². The quantitative estimate of drug-likeness (QED) is 0.713. The number of hydrogen-bond donors (Lipinski definition) is 1. The average Bonchev–Trinajstić information content (AvgIpc) is 2.94. The molecular formula is C13H19N3O3S2. The minimum Gasteiger partial charge on any atom is -0.381 e. The van der Waals surface area contributed by atoms with Crippen LogP contribution in [0.2, 0.25) is 0 Å². The van der Waals surface area contributed by atoms with Crippen LogP contribution in [0.3, 0.4) is 0 Å². The molecule has 0 bridgehead atoms. The Balaban J connectivity index is 1.89. The zero-order chi connectivity index (χ0) is 15.1. The molecular weight excluding hydrogens is 310 g/mol. The first-order valence-corrected chi connectivity index (χ1v) is 9.15. The van der Waals surface area contributed by atoms with Gasteiger partial charge in [-0.2, -0.15) is 8.75 Å². The molecule has 116 valence electrons. The number of unbranched alkanes of at least 4 members (excludes halogenated alkanes) is 1. The first-order chi connectivity index (χ1) is 10.1. The smallest absolute Gasteiger partial charge is 0.242 e. The van der Waals surface area contributed by atoms with Gasteiger partial charge in [-0.05, 0) is 25.0 Å². The molecule has 0 saturated heterocycles. The van der Waals surface area contributed by atoms with Crippen LogP contribution in [-0.4, -0.2) is 36.9 Å². The lowest BCUT2D eigenvalue weighted by Gasteiger charge is -2.07. The molecule has 8 heteroatoms. The van der Waals surface area contributed by atoms with Gasteiger partial charge >= 0.3 is 0 Å². The Kier molecular flexibility index (Phi) is 6.04. The van der Waals surface area contributed by atoms with E-state index < -0.39 is 10.0 Å². The summed E-state index contributed by atoms with van der Waals surface area (Å²) in [6, 6.07) is 4.97. The second-order valence-electron chi connectivity index (χ2n) is 4.61. The zero-order valence-corrected chi connectivity index (χ0v) is 13.5. The van der Waals surface area contributed by atoms with E-state index in [9.17, 15) is 8.42 Å². The van der Waals surface area contributed by atoms with Gasteiger partial charge in [0.15, 0.2) is 0 Å². The van der Waals surface area contributed by atoms with Crippen molar-refractivity contribution in [2.45, 2.75) is 31.1 Å². The van der Waals surface area contributed by atoms with Crippen molar-refractivity contribution < 1.29 is 13.2 Å². The lowest BCUT2D eigenvalue weighted by molar-refractivity contribution is 0.130. The van der Waals surface area contributed by atoms with Crippen molar-refractivity contribution in [2.75, 3.05) is 19.8 Å². The largest absolute Gasteiger partial charge is 0.381 e. The fourth-order valence-corrected chi connectivity index (χ4v) is 3.64. The number of fused-ring (bicyclic) bond motifs is 1. The molecule has 0 aliphatic rings. The van der Waals surface area contributed by atoms with Crippen LogP contribution in [0.15, 0.2) is 23.1 Å². The number of sulfonamides is 1. The topological polar surface area (TPSA) is 81.2 Å². The lowest BCUT2D eigenvalue weighted by Crippen LogP contribution is -2.25. The third-order valence-corrected chi connectivity index (χ3v) is 4.97. The Morgan fingerprint density at radius 1 is 1.24 bits per heavy atom. The van der Waals surface area contributed by atoms with E-state index in [2.05, 4.69) is 20.4 Å². The molecule has 0 unspecified atom stereocenters. The molecule has 0 amide bonds. The van der Waals surface area contributed by atoms with Crippen molar-refractivity contribution in [2.24, 2.45) is 0 Å². The normalized spacial score (nSPS) is 12.0. The van der Waals surface area contributed by atoms with E-state index in [1.165, 1.54) is 0 Å². The SMILES string of the molecule is CCCCOCCCNS(=O)(=O)c1cccc2nsnc12. The molecule has 6 nitrogen and oxygen atoms in total. The highest BCUT2D eigenvalue weighted by atomic mass is 32.2. The van der Waals surface area contributed by atoms with Gasteiger partial charge in [-0.15, -0.1) is 0 Å². The highest BCUT2D eigenvalue weighted by molar-refractivity contribution is 7.89. The molecule has 0 atom stereocenters. The second kappa shape index (κ2) is 7.79. The molecule has 2 rings (SSSR count). The Morgan fingerprint density at radius 3 is 2.86 bits per heavy atom. The van der Waals surface area contributed by atoms with Crippen LogP contribution >= 0.6 is 11.7 Å². The Hall–Kier alpha value is -1.09. The van der Waals surface area contributed by atoms with Gasteiger partial charge in [-0.3, -0.25) is 0 Å². The molecule has 2 aromatic rings. The Labute approximate surface area is 128 Å². The number of hydrogen-bond acceptors (Lipinski definition) is 6. The maximum absolute atomic E-state index is 12.3. The van der Waals surface area contributed by atoms with Gasteiger partial charge in [0.1, 0.15) is 15.9 Å². The standard InChI is InChI=1S/C13H19N3O3S2/c1-2-3-9-19-10-5-8-14-21(17,18)12-7-4-6-11-13(12)16-20-15-11/h4,6-7,14H,2-3,5,8-10H2,1H3. The van der Waals surface area contributed by atoms with Crippen LogP contribution in [0.5, 0.6) is 0 Å². The van der Waals surface area contributed by atoms with Crippen molar-refractivity contribution in [3.8, 4) is 0 Å². The fraction of sp³-hybridized carbons (Fsp3) is 0.538. The third kappa shape index (κ3) is 4.44. The predicted octanol–water partition coefficient (Wildman–Crippen LogP) is 2.18. The van der Waals surface area contributed by atoms with Crippen molar-refractivity contribution in [1.82, 2.24) is 13.5 Å². The van der Waals surface area contributed by atoms with E-state index in [4.69, 9.17) is 4.74 Å². The molecule has 21 heavy (non-hydrogen) atoms. The summed E-state index contributed by atoms with van der Waals surface area (Å²) in [4.78, 5) is 0.181.